The van der Waals surface area contributed by atoms with Crippen molar-refractivity contribution in [1.82, 2.24) is 4.90 Å². The van der Waals surface area contributed by atoms with Gasteiger partial charge in [0.25, 0.3) is 0 Å². The van der Waals surface area contributed by atoms with Gasteiger partial charge in [0.05, 0.1) is 0 Å². The lowest BCUT2D eigenvalue weighted by Crippen LogP contribution is -2.46. The highest BCUT2D eigenvalue weighted by molar-refractivity contribution is 4.83. The van der Waals surface area contributed by atoms with E-state index in [2.05, 4.69) is 4.90 Å². The molecular formula is C10H19NO. The van der Waals surface area contributed by atoms with Gasteiger partial charge in [0.15, 0.2) is 0 Å². The highest BCUT2D eigenvalue weighted by Crippen LogP contribution is 2.28. The smallest absolute Gasteiger partial charge is 0.0471 e. The van der Waals surface area contributed by atoms with Gasteiger partial charge in [-0.15, -0.1) is 0 Å². The Morgan fingerprint density at radius 3 is 2.92 bits per heavy atom. The van der Waals surface area contributed by atoms with E-state index in [1.807, 2.05) is 0 Å². The fraction of sp³-hybridized carbons (Fsp3) is 1.00. The molecule has 0 radical (unpaired) electrons. The van der Waals surface area contributed by atoms with Crippen LogP contribution in [-0.4, -0.2) is 35.7 Å². The molecule has 2 heterocycles. The van der Waals surface area contributed by atoms with Crippen LogP contribution in [0.15, 0.2) is 0 Å². The monoisotopic (exact) mass is 169 g/mol. The second kappa shape index (κ2) is 3.75. The maximum absolute atomic E-state index is 9.05. The van der Waals surface area contributed by atoms with Gasteiger partial charge in [-0.05, 0) is 38.1 Å². The van der Waals surface area contributed by atoms with Crippen LogP contribution in [-0.2, 0) is 0 Å². The summed E-state index contributed by atoms with van der Waals surface area (Å²) >= 11 is 0. The lowest BCUT2D eigenvalue weighted by molar-refractivity contribution is 0.0519. The van der Waals surface area contributed by atoms with Gasteiger partial charge in [0.1, 0.15) is 0 Å². The summed E-state index contributed by atoms with van der Waals surface area (Å²) in [6.45, 7) is 2.82. The number of piperidine rings is 2. The molecule has 2 aliphatic heterocycles. The molecule has 2 aliphatic rings. The molecule has 70 valence electrons. The molecule has 12 heavy (non-hydrogen) atoms. The van der Waals surface area contributed by atoms with Crippen molar-refractivity contribution in [2.24, 2.45) is 5.92 Å². The Balaban J connectivity index is 1.90. The van der Waals surface area contributed by atoms with E-state index >= 15 is 0 Å². The van der Waals surface area contributed by atoms with Gasteiger partial charge in [-0.1, -0.05) is 6.42 Å². The van der Waals surface area contributed by atoms with Crippen molar-refractivity contribution < 1.29 is 5.11 Å². The normalized spacial score (nSPS) is 37.8. The molecule has 0 amide bonds. The van der Waals surface area contributed by atoms with E-state index in [4.69, 9.17) is 5.11 Å². The maximum Gasteiger partial charge on any atom is 0.0471 e. The standard InChI is InChI=1S/C10H19NO/c12-8-9-4-5-10-3-1-2-6-11(10)7-9/h9-10,12H,1-8H2/t9-,10-/m1/s1. The van der Waals surface area contributed by atoms with Crippen LogP contribution < -0.4 is 0 Å². The molecule has 2 saturated heterocycles. The van der Waals surface area contributed by atoms with Gasteiger partial charge in [0, 0.05) is 19.2 Å². The molecule has 0 aromatic rings. The van der Waals surface area contributed by atoms with Gasteiger partial charge in [0.2, 0.25) is 0 Å². The number of aliphatic hydroxyl groups is 1. The predicted molar refractivity (Wildman–Crippen MR) is 49.0 cm³/mol. The summed E-state index contributed by atoms with van der Waals surface area (Å²) in [6.07, 6.45) is 6.76. The third kappa shape index (κ3) is 1.64. The first-order chi connectivity index (χ1) is 5.90. The van der Waals surface area contributed by atoms with Gasteiger partial charge in [-0.3, -0.25) is 0 Å². The van der Waals surface area contributed by atoms with Crippen LogP contribution in [0.4, 0.5) is 0 Å². The van der Waals surface area contributed by atoms with Crippen molar-refractivity contribution in [3.63, 3.8) is 0 Å². The second-order valence-corrected chi connectivity index (χ2v) is 4.27. The number of hydrogen-bond donors (Lipinski definition) is 1. The Morgan fingerprint density at radius 1 is 1.17 bits per heavy atom. The number of hydrogen-bond acceptors (Lipinski definition) is 2. The minimum atomic E-state index is 0.392. The molecule has 2 atom stereocenters. The summed E-state index contributed by atoms with van der Waals surface area (Å²) in [5.74, 6) is 0.569. The van der Waals surface area contributed by atoms with E-state index in [1.54, 1.807) is 0 Å². The van der Waals surface area contributed by atoms with Gasteiger partial charge >= 0.3 is 0 Å². The molecule has 0 aromatic carbocycles. The third-order valence-electron chi connectivity index (χ3n) is 3.41. The van der Waals surface area contributed by atoms with E-state index in [-0.39, 0.29) is 0 Å². The number of rotatable bonds is 1. The molecular weight excluding hydrogens is 150 g/mol. The zero-order valence-corrected chi connectivity index (χ0v) is 7.71. The van der Waals surface area contributed by atoms with Crippen LogP contribution in [0.2, 0.25) is 0 Å². The molecule has 2 nitrogen and oxygen atoms in total. The Morgan fingerprint density at radius 2 is 2.08 bits per heavy atom. The average molecular weight is 169 g/mol. The first-order valence-corrected chi connectivity index (χ1v) is 5.25. The highest BCUT2D eigenvalue weighted by atomic mass is 16.3. The summed E-state index contributed by atoms with van der Waals surface area (Å²) in [5.41, 5.74) is 0. The van der Waals surface area contributed by atoms with Crippen molar-refractivity contribution in [3.8, 4) is 0 Å². The van der Waals surface area contributed by atoms with Crippen molar-refractivity contribution in [3.05, 3.63) is 0 Å². The minimum Gasteiger partial charge on any atom is -0.396 e. The fourth-order valence-electron chi connectivity index (χ4n) is 2.63. The summed E-state index contributed by atoms with van der Waals surface area (Å²) < 4.78 is 0. The molecule has 0 spiro atoms. The molecule has 2 fully saturated rings. The lowest BCUT2D eigenvalue weighted by Gasteiger charge is -2.42. The van der Waals surface area contributed by atoms with Crippen LogP contribution >= 0.6 is 0 Å². The van der Waals surface area contributed by atoms with Gasteiger partial charge in [-0.2, -0.15) is 0 Å². The zero-order chi connectivity index (χ0) is 8.39. The van der Waals surface area contributed by atoms with Crippen LogP contribution in [0.1, 0.15) is 32.1 Å². The average Bonchev–Trinajstić information content (AvgIpc) is 2.17. The SMILES string of the molecule is OC[C@@H]1CC[C@H]2CCCCN2C1. The van der Waals surface area contributed by atoms with E-state index in [1.165, 1.54) is 38.6 Å². The second-order valence-electron chi connectivity index (χ2n) is 4.27. The predicted octanol–water partition coefficient (Wildman–Crippen LogP) is 1.24. The Bertz CT molecular complexity index is 149. The van der Waals surface area contributed by atoms with Gasteiger partial charge in [-0.25, -0.2) is 0 Å². The Kier molecular flexibility index (Phi) is 2.66. The highest BCUT2D eigenvalue weighted by Gasteiger charge is 2.29. The van der Waals surface area contributed by atoms with Crippen LogP contribution in [0.5, 0.6) is 0 Å². The molecule has 0 aromatic heterocycles. The molecule has 2 heteroatoms. The molecule has 0 aliphatic carbocycles. The van der Waals surface area contributed by atoms with E-state index in [0.29, 0.717) is 12.5 Å². The number of nitrogens with zero attached hydrogens (tertiary/aromatic N) is 1. The zero-order valence-electron chi connectivity index (χ0n) is 7.71. The Labute approximate surface area is 74.6 Å². The van der Waals surface area contributed by atoms with Crippen molar-refractivity contribution in [2.45, 2.75) is 38.1 Å². The first kappa shape index (κ1) is 8.52. The molecule has 2 rings (SSSR count). The van der Waals surface area contributed by atoms with Crippen LogP contribution in [0, 0.1) is 5.92 Å². The third-order valence-corrected chi connectivity index (χ3v) is 3.41. The topological polar surface area (TPSA) is 23.5 Å². The quantitative estimate of drug-likeness (QED) is 0.638. The van der Waals surface area contributed by atoms with Crippen molar-refractivity contribution >= 4 is 0 Å². The van der Waals surface area contributed by atoms with Gasteiger partial charge < -0.3 is 10.0 Å². The summed E-state index contributed by atoms with van der Waals surface area (Å²) in [6, 6.07) is 0.863. The minimum absolute atomic E-state index is 0.392. The van der Waals surface area contributed by atoms with Crippen LogP contribution in [0.25, 0.3) is 0 Å². The lowest BCUT2D eigenvalue weighted by atomic mass is 9.88. The fourth-order valence-corrected chi connectivity index (χ4v) is 2.63. The molecule has 0 unspecified atom stereocenters. The van der Waals surface area contributed by atoms with Crippen molar-refractivity contribution in [1.29, 1.82) is 0 Å². The van der Waals surface area contributed by atoms with Crippen LogP contribution in [0.3, 0.4) is 0 Å². The van der Waals surface area contributed by atoms with E-state index in [0.717, 1.165) is 12.6 Å². The molecule has 0 saturated carbocycles. The maximum atomic E-state index is 9.05. The van der Waals surface area contributed by atoms with E-state index in [9.17, 15) is 0 Å². The Hall–Kier alpha value is -0.0800. The first-order valence-electron chi connectivity index (χ1n) is 5.25. The summed E-state index contributed by atoms with van der Waals surface area (Å²) in [5, 5.41) is 9.05. The van der Waals surface area contributed by atoms with Crippen molar-refractivity contribution in [2.75, 3.05) is 19.7 Å². The van der Waals surface area contributed by atoms with E-state index < -0.39 is 0 Å². The summed E-state index contributed by atoms with van der Waals surface area (Å²) in [7, 11) is 0. The number of aliphatic hydroxyl groups excluding tert-OH is 1. The molecule has 0 bridgehead atoms. The summed E-state index contributed by atoms with van der Waals surface area (Å²) in [4.78, 5) is 2.59. The number of fused-ring (bicyclic) bond motifs is 1. The molecule has 1 N–H and O–H groups in total. The largest absolute Gasteiger partial charge is 0.396 e.